The average Bonchev–Trinajstić information content (AvgIpc) is 2.74. The van der Waals surface area contributed by atoms with Gasteiger partial charge in [-0.05, 0) is 46.1 Å². The second-order valence-electron chi connectivity index (χ2n) is 7.72. The van der Waals surface area contributed by atoms with E-state index in [1.165, 1.54) is 38.5 Å². The first kappa shape index (κ1) is 18.9. The number of aryl methyl sites for hydroxylation is 2. The highest BCUT2D eigenvalue weighted by molar-refractivity contribution is 7.89. The molecule has 3 rings (SSSR count). The van der Waals surface area contributed by atoms with E-state index >= 15 is 0 Å². The van der Waals surface area contributed by atoms with Crippen molar-refractivity contribution in [3.63, 3.8) is 0 Å². The molecule has 2 aliphatic rings. The zero-order chi connectivity index (χ0) is 18.0. The van der Waals surface area contributed by atoms with Crippen LogP contribution in [0.1, 0.15) is 62.8 Å². The SMILES string of the molecule is Cc1nn(C)c(C)c1S(=O)(=O)N[C@H]1CCCN(C2CCCCCC2)C1. The second kappa shape index (κ2) is 7.76. The summed E-state index contributed by atoms with van der Waals surface area (Å²) in [6.45, 7) is 5.52. The van der Waals surface area contributed by atoms with Crippen LogP contribution < -0.4 is 4.72 Å². The minimum absolute atomic E-state index is 0.000934. The van der Waals surface area contributed by atoms with E-state index < -0.39 is 10.0 Å². The molecule has 1 saturated carbocycles. The number of sulfonamides is 1. The number of hydrogen-bond acceptors (Lipinski definition) is 4. The van der Waals surface area contributed by atoms with E-state index in [1.807, 2.05) is 6.92 Å². The lowest BCUT2D eigenvalue weighted by atomic mass is 10.0. The number of piperidine rings is 1. The Labute approximate surface area is 152 Å². The van der Waals surface area contributed by atoms with Gasteiger partial charge in [0.1, 0.15) is 4.90 Å². The highest BCUT2D eigenvalue weighted by atomic mass is 32.2. The summed E-state index contributed by atoms with van der Waals surface area (Å²) in [5.41, 5.74) is 1.27. The summed E-state index contributed by atoms with van der Waals surface area (Å²) in [6.07, 6.45) is 9.83. The molecular weight excluding hydrogens is 336 g/mol. The van der Waals surface area contributed by atoms with Crippen LogP contribution in [0.25, 0.3) is 0 Å². The lowest BCUT2D eigenvalue weighted by Crippen LogP contribution is -2.50. The van der Waals surface area contributed by atoms with Gasteiger partial charge in [0.05, 0.1) is 11.4 Å². The average molecular weight is 369 g/mol. The zero-order valence-corrected chi connectivity index (χ0v) is 16.6. The smallest absolute Gasteiger partial charge is 0.244 e. The van der Waals surface area contributed by atoms with Gasteiger partial charge in [-0.3, -0.25) is 9.58 Å². The maximum absolute atomic E-state index is 12.9. The second-order valence-corrected chi connectivity index (χ2v) is 9.38. The van der Waals surface area contributed by atoms with E-state index in [-0.39, 0.29) is 6.04 Å². The Kier molecular flexibility index (Phi) is 5.85. The molecule has 1 saturated heterocycles. The summed E-state index contributed by atoms with van der Waals surface area (Å²) in [5, 5.41) is 4.26. The fourth-order valence-electron chi connectivity index (χ4n) is 4.48. The fourth-order valence-corrected chi connectivity index (χ4v) is 6.18. The molecule has 7 heteroatoms. The zero-order valence-electron chi connectivity index (χ0n) is 15.8. The lowest BCUT2D eigenvalue weighted by molar-refractivity contribution is 0.132. The van der Waals surface area contributed by atoms with Crippen LogP contribution in [0.5, 0.6) is 0 Å². The van der Waals surface area contributed by atoms with Crippen molar-refractivity contribution in [2.45, 2.75) is 82.2 Å². The number of nitrogens with one attached hydrogen (secondary N) is 1. The molecule has 1 aromatic rings. The maximum atomic E-state index is 12.9. The molecule has 1 aliphatic carbocycles. The van der Waals surface area contributed by atoms with Crippen LogP contribution in [0.3, 0.4) is 0 Å². The van der Waals surface area contributed by atoms with E-state index in [2.05, 4.69) is 14.7 Å². The molecule has 1 N–H and O–H groups in total. The van der Waals surface area contributed by atoms with Crippen molar-refractivity contribution in [1.82, 2.24) is 19.4 Å². The molecule has 1 aromatic heterocycles. The molecule has 0 amide bonds. The van der Waals surface area contributed by atoms with Gasteiger partial charge in [-0.2, -0.15) is 5.10 Å². The van der Waals surface area contributed by atoms with Gasteiger partial charge in [0.15, 0.2) is 0 Å². The predicted molar refractivity (Wildman–Crippen MR) is 99.1 cm³/mol. The summed E-state index contributed by atoms with van der Waals surface area (Å²) in [7, 11) is -1.73. The van der Waals surface area contributed by atoms with Crippen molar-refractivity contribution < 1.29 is 8.42 Å². The highest BCUT2D eigenvalue weighted by Gasteiger charge is 2.31. The van der Waals surface area contributed by atoms with Gasteiger partial charge in [0.2, 0.25) is 10.0 Å². The molecule has 1 aliphatic heterocycles. The summed E-state index contributed by atoms with van der Waals surface area (Å²) < 4.78 is 30.4. The lowest BCUT2D eigenvalue weighted by Gasteiger charge is -2.38. The van der Waals surface area contributed by atoms with Gasteiger partial charge in [-0.1, -0.05) is 25.7 Å². The Morgan fingerprint density at radius 3 is 2.32 bits per heavy atom. The largest absolute Gasteiger partial charge is 0.299 e. The number of aromatic nitrogens is 2. The third-order valence-corrected chi connectivity index (χ3v) is 7.60. The highest BCUT2D eigenvalue weighted by Crippen LogP contribution is 2.26. The molecule has 0 radical (unpaired) electrons. The van der Waals surface area contributed by atoms with Crippen LogP contribution >= 0.6 is 0 Å². The summed E-state index contributed by atoms with van der Waals surface area (Å²) >= 11 is 0. The molecule has 6 nitrogen and oxygen atoms in total. The Morgan fingerprint density at radius 2 is 1.72 bits per heavy atom. The topological polar surface area (TPSA) is 67.2 Å². The third kappa shape index (κ3) is 4.26. The molecular formula is C18H32N4O2S. The molecule has 2 heterocycles. The number of rotatable bonds is 4. The van der Waals surface area contributed by atoms with Crippen molar-refractivity contribution >= 4 is 10.0 Å². The van der Waals surface area contributed by atoms with Gasteiger partial charge in [-0.15, -0.1) is 0 Å². The van der Waals surface area contributed by atoms with E-state index in [1.54, 1.807) is 18.7 Å². The van der Waals surface area contributed by atoms with Crippen molar-refractivity contribution in [2.75, 3.05) is 13.1 Å². The van der Waals surface area contributed by atoms with Crippen molar-refractivity contribution in [1.29, 1.82) is 0 Å². The summed E-state index contributed by atoms with van der Waals surface area (Å²) in [5.74, 6) is 0. The predicted octanol–water partition coefficient (Wildman–Crippen LogP) is 2.50. The minimum atomic E-state index is -3.52. The quantitative estimate of drug-likeness (QED) is 0.829. The standard InChI is InChI=1S/C18H32N4O2S/c1-14-18(15(2)21(3)19-14)25(23,24)20-16-9-8-12-22(13-16)17-10-6-4-5-7-11-17/h16-17,20H,4-13H2,1-3H3/t16-/m0/s1. The van der Waals surface area contributed by atoms with Crippen LogP contribution in [0.15, 0.2) is 4.90 Å². The van der Waals surface area contributed by atoms with E-state index in [0.29, 0.717) is 22.3 Å². The van der Waals surface area contributed by atoms with Gasteiger partial charge < -0.3 is 0 Å². The molecule has 0 aromatic carbocycles. The Hall–Kier alpha value is -0.920. The van der Waals surface area contributed by atoms with Crippen LogP contribution in [0.2, 0.25) is 0 Å². The first-order valence-electron chi connectivity index (χ1n) is 9.65. The van der Waals surface area contributed by atoms with E-state index in [4.69, 9.17) is 0 Å². The minimum Gasteiger partial charge on any atom is -0.299 e. The first-order valence-corrected chi connectivity index (χ1v) is 11.1. The molecule has 1 atom stereocenters. The summed E-state index contributed by atoms with van der Waals surface area (Å²) in [6, 6.07) is 0.637. The molecule has 2 fully saturated rings. The van der Waals surface area contributed by atoms with E-state index in [0.717, 1.165) is 25.9 Å². The Bertz CT molecular complexity index is 690. The number of likely N-dealkylation sites (tertiary alicyclic amines) is 1. The van der Waals surface area contributed by atoms with Crippen LogP contribution in [-0.2, 0) is 17.1 Å². The Morgan fingerprint density at radius 1 is 1.04 bits per heavy atom. The maximum Gasteiger partial charge on any atom is 0.244 e. The van der Waals surface area contributed by atoms with Gasteiger partial charge in [0.25, 0.3) is 0 Å². The normalized spacial score (nSPS) is 24.4. The molecule has 25 heavy (non-hydrogen) atoms. The van der Waals surface area contributed by atoms with Crippen LogP contribution in [0.4, 0.5) is 0 Å². The number of hydrogen-bond donors (Lipinski definition) is 1. The van der Waals surface area contributed by atoms with Crippen LogP contribution in [-0.4, -0.2) is 48.3 Å². The van der Waals surface area contributed by atoms with Crippen LogP contribution in [0, 0.1) is 13.8 Å². The molecule has 0 spiro atoms. The van der Waals surface area contributed by atoms with Gasteiger partial charge >= 0.3 is 0 Å². The molecule has 142 valence electrons. The fraction of sp³-hybridized carbons (Fsp3) is 0.833. The third-order valence-electron chi connectivity index (χ3n) is 5.83. The Balaban J connectivity index is 1.69. The van der Waals surface area contributed by atoms with Gasteiger partial charge in [-0.25, -0.2) is 13.1 Å². The monoisotopic (exact) mass is 368 g/mol. The van der Waals surface area contributed by atoms with Crippen molar-refractivity contribution in [3.05, 3.63) is 11.4 Å². The molecule has 0 bridgehead atoms. The van der Waals surface area contributed by atoms with Crippen molar-refractivity contribution in [2.24, 2.45) is 7.05 Å². The molecule has 0 unspecified atom stereocenters. The van der Waals surface area contributed by atoms with E-state index in [9.17, 15) is 8.42 Å². The van der Waals surface area contributed by atoms with Crippen molar-refractivity contribution in [3.8, 4) is 0 Å². The first-order chi connectivity index (χ1) is 11.9. The number of nitrogens with zero attached hydrogens (tertiary/aromatic N) is 3. The summed E-state index contributed by atoms with van der Waals surface area (Å²) in [4.78, 5) is 2.88. The van der Waals surface area contributed by atoms with Gasteiger partial charge in [0, 0.05) is 25.7 Å².